The summed E-state index contributed by atoms with van der Waals surface area (Å²) >= 11 is 0. The average molecular weight is 467 g/mol. The average Bonchev–Trinajstić information content (AvgIpc) is 3.71. The Balaban J connectivity index is 1.40. The summed E-state index contributed by atoms with van der Waals surface area (Å²) in [5, 5.41) is 31.6. The van der Waals surface area contributed by atoms with Gasteiger partial charge in [0.05, 0.1) is 28.8 Å². The summed E-state index contributed by atoms with van der Waals surface area (Å²) < 4.78 is 0. The molecular weight excluding hydrogens is 440 g/mol. The number of amides is 1. The minimum Gasteiger partial charge on any atom is -0.374 e. The number of anilines is 2. The molecule has 1 aliphatic rings. The van der Waals surface area contributed by atoms with Crippen molar-refractivity contribution in [1.29, 1.82) is 10.5 Å². The van der Waals surface area contributed by atoms with Crippen LogP contribution in [0.2, 0.25) is 0 Å². The maximum Gasteiger partial charge on any atom is 0.224 e. The standard InChI is InChI=1S/C27H26N6O2/c1-18(34)33(17-20-2-3-20)26-10-6-21(12-22(26)13-28)25-9-8-24(16-31-25)32-27(35)11-5-19-4-7-23(14-29)30-15-19/h4,6-10,12,15-16,18,20,34H,2-3,5,11,17H2,1H3,(H,32,35). The van der Waals surface area contributed by atoms with Gasteiger partial charge in [0, 0.05) is 24.7 Å². The van der Waals surface area contributed by atoms with Gasteiger partial charge in [0.25, 0.3) is 0 Å². The summed E-state index contributed by atoms with van der Waals surface area (Å²) in [7, 11) is 0. The molecule has 8 heteroatoms. The number of carbonyl (C=O) groups excluding carboxylic acids is 1. The molecule has 176 valence electrons. The summed E-state index contributed by atoms with van der Waals surface area (Å²) in [5.74, 6) is 0.426. The third kappa shape index (κ3) is 6.20. The van der Waals surface area contributed by atoms with Crippen molar-refractivity contribution >= 4 is 17.3 Å². The Hall–Kier alpha value is -4.27. The second-order valence-corrected chi connectivity index (χ2v) is 8.72. The molecule has 0 saturated heterocycles. The van der Waals surface area contributed by atoms with Crippen LogP contribution in [0.1, 0.15) is 43.0 Å². The highest BCUT2D eigenvalue weighted by Crippen LogP contribution is 2.34. The maximum absolute atomic E-state index is 12.3. The van der Waals surface area contributed by atoms with E-state index in [0.29, 0.717) is 35.0 Å². The zero-order chi connectivity index (χ0) is 24.8. The first-order valence-electron chi connectivity index (χ1n) is 11.6. The van der Waals surface area contributed by atoms with Crippen molar-refractivity contribution in [1.82, 2.24) is 9.97 Å². The SMILES string of the molecule is CC(O)N(CC1CC1)c1ccc(-c2ccc(NC(=O)CCc3ccc(C#N)nc3)cn2)cc1C#N. The molecule has 0 bridgehead atoms. The molecule has 4 rings (SSSR count). The molecule has 8 nitrogen and oxygen atoms in total. The van der Waals surface area contributed by atoms with Gasteiger partial charge in [-0.2, -0.15) is 10.5 Å². The fraction of sp³-hybridized carbons (Fsp3) is 0.296. The van der Waals surface area contributed by atoms with Crippen molar-refractivity contribution in [2.75, 3.05) is 16.8 Å². The van der Waals surface area contributed by atoms with Gasteiger partial charge in [0.1, 0.15) is 24.1 Å². The number of aliphatic hydroxyl groups excluding tert-OH is 1. The number of rotatable bonds is 9. The number of benzene rings is 1. The molecule has 1 amide bonds. The van der Waals surface area contributed by atoms with Crippen LogP contribution < -0.4 is 10.2 Å². The van der Waals surface area contributed by atoms with E-state index in [1.165, 1.54) is 0 Å². The third-order valence-electron chi connectivity index (χ3n) is 5.95. The van der Waals surface area contributed by atoms with Gasteiger partial charge in [-0.05, 0) is 68.0 Å². The van der Waals surface area contributed by atoms with Gasteiger partial charge in [0.15, 0.2) is 0 Å². The molecular formula is C27H26N6O2. The van der Waals surface area contributed by atoms with Crippen molar-refractivity contribution in [3.63, 3.8) is 0 Å². The van der Waals surface area contributed by atoms with Crippen molar-refractivity contribution in [2.45, 2.75) is 38.8 Å². The number of nitrogens with one attached hydrogen (secondary N) is 1. The van der Waals surface area contributed by atoms with E-state index in [-0.39, 0.29) is 12.3 Å². The maximum atomic E-state index is 12.3. The number of nitriles is 2. The summed E-state index contributed by atoms with van der Waals surface area (Å²) in [6, 6.07) is 16.8. The van der Waals surface area contributed by atoms with Gasteiger partial charge >= 0.3 is 0 Å². The molecule has 2 aromatic heterocycles. The van der Waals surface area contributed by atoms with E-state index in [0.717, 1.165) is 36.2 Å². The lowest BCUT2D eigenvalue weighted by atomic mass is 10.0. The number of hydrogen-bond donors (Lipinski definition) is 2. The van der Waals surface area contributed by atoms with Crippen LogP contribution in [0, 0.1) is 28.6 Å². The fourth-order valence-corrected chi connectivity index (χ4v) is 3.82. The van der Waals surface area contributed by atoms with Gasteiger partial charge in [-0.25, -0.2) is 4.98 Å². The van der Waals surface area contributed by atoms with Crippen molar-refractivity contribution in [3.8, 4) is 23.4 Å². The van der Waals surface area contributed by atoms with Gasteiger partial charge in [-0.3, -0.25) is 9.78 Å². The van der Waals surface area contributed by atoms with E-state index in [2.05, 4.69) is 21.4 Å². The lowest BCUT2D eigenvalue weighted by molar-refractivity contribution is -0.116. The summed E-state index contributed by atoms with van der Waals surface area (Å²) in [6.07, 6.45) is 5.63. The Bertz CT molecular complexity index is 1270. The highest BCUT2D eigenvalue weighted by Gasteiger charge is 2.27. The molecule has 0 spiro atoms. The van der Waals surface area contributed by atoms with Crippen LogP contribution in [0.25, 0.3) is 11.3 Å². The molecule has 1 saturated carbocycles. The van der Waals surface area contributed by atoms with Crippen LogP contribution in [0.4, 0.5) is 11.4 Å². The van der Waals surface area contributed by atoms with Crippen LogP contribution in [0.5, 0.6) is 0 Å². The van der Waals surface area contributed by atoms with E-state index < -0.39 is 6.23 Å². The van der Waals surface area contributed by atoms with E-state index in [1.54, 1.807) is 49.6 Å². The number of carbonyl (C=O) groups is 1. The third-order valence-corrected chi connectivity index (χ3v) is 5.95. The first-order valence-corrected chi connectivity index (χ1v) is 11.6. The predicted octanol–water partition coefficient (Wildman–Crippen LogP) is 4.01. The number of hydrogen-bond acceptors (Lipinski definition) is 7. The number of aryl methyl sites for hydroxylation is 1. The van der Waals surface area contributed by atoms with E-state index >= 15 is 0 Å². The normalized spacial score (nSPS) is 13.4. The molecule has 1 aliphatic carbocycles. The molecule has 1 atom stereocenters. The summed E-state index contributed by atoms with van der Waals surface area (Å²) in [4.78, 5) is 22.7. The monoisotopic (exact) mass is 466 g/mol. The van der Waals surface area contributed by atoms with E-state index in [4.69, 9.17) is 5.26 Å². The number of aromatic nitrogens is 2. The Labute approximate surface area is 204 Å². The van der Waals surface area contributed by atoms with Crippen LogP contribution in [0.3, 0.4) is 0 Å². The van der Waals surface area contributed by atoms with Crippen LogP contribution in [-0.2, 0) is 11.2 Å². The van der Waals surface area contributed by atoms with Crippen LogP contribution in [0.15, 0.2) is 54.9 Å². The summed E-state index contributed by atoms with van der Waals surface area (Å²) in [6.45, 7) is 2.45. The zero-order valence-corrected chi connectivity index (χ0v) is 19.5. The molecule has 2 N–H and O–H groups in total. The quantitative estimate of drug-likeness (QED) is 0.456. The first kappa shape index (κ1) is 23.9. The van der Waals surface area contributed by atoms with Crippen LogP contribution in [-0.4, -0.2) is 33.8 Å². The molecule has 3 aromatic rings. The zero-order valence-electron chi connectivity index (χ0n) is 19.5. The Morgan fingerprint density at radius 3 is 2.57 bits per heavy atom. The molecule has 35 heavy (non-hydrogen) atoms. The highest BCUT2D eigenvalue weighted by atomic mass is 16.3. The summed E-state index contributed by atoms with van der Waals surface area (Å²) in [5.41, 5.74) is 4.49. The van der Waals surface area contributed by atoms with E-state index in [1.807, 2.05) is 23.1 Å². The largest absolute Gasteiger partial charge is 0.374 e. The van der Waals surface area contributed by atoms with Crippen LogP contribution >= 0.6 is 0 Å². The second kappa shape index (κ2) is 10.8. The van der Waals surface area contributed by atoms with Gasteiger partial charge < -0.3 is 15.3 Å². The fourth-order valence-electron chi connectivity index (χ4n) is 3.82. The van der Waals surface area contributed by atoms with Crippen molar-refractivity contribution in [2.24, 2.45) is 5.92 Å². The Kier molecular flexibility index (Phi) is 7.35. The lowest BCUT2D eigenvalue weighted by Crippen LogP contribution is -2.35. The van der Waals surface area contributed by atoms with E-state index in [9.17, 15) is 15.2 Å². The molecule has 0 radical (unpaired) electrons. The number of pyridine rings is 2. The molecule has 0 aliphatic heterocycles. The first-order chi connectivity index (χ1) is 17.0. The minimum absolute atomic E-state index is 0.145. The number of nitrogens with zero attached hydrogens (tertiary/aromatic N) is 5. The highest BCUT2D eigenvalue weighted by molar-refractivity contribution is 5.90. The molecule has 1 unspecified atom stereocenters. The minimum atomic E-state index is -0.678. The molecule has 1 aromatic carbocycles. The molecule has 2 heterocycles. The number of aliphatic hydroxyl groups is 1. The van der Waals surface area contributed by atoms with Gasteiger partial charge in [-0.15, -0.1) is 0 Å². The lowest BCUT2D eigenvalue weighted by Gasteiger charge is -2.29. The Morgan fingerprint density at radius 2 is 1.97 bits per heavy atom. The van der Waals surface area contributed by atoms with Crippen molar-refractivity contribution in [3.05, 3.63) is 71.7 Å². The Morgan fingerprint density at radius 1 is 1.14 bits per heavy atom. The van der Waals surface area contributed by atoms with Gasteiger partial charge in [-0.1, -0.05) is 12.1 Å². The van der Waals surface area contributed by atoms with Gasteiger partial charge in [0.2, 0.25) is 5.91 Å². The topological polar surface area (TPSA) is 126 Å². The second-order valence-electron chi connectivity index (χ2n) is 8.72. The predicted molar refractivity (Wildman–Crippen MR) is 132 cm³/mol. The van der Waals surface area contributed by atoms with Crippen molar-refractivity contribution < 1.29 is 9.90 Å². The smallest absolute Gasteiger partial charge is 0.224 e. The molecule has 1 fully saturated rings.